The molecule has 0 unspecified atom stereocenters. The van der Waals surface area contributed by atoms with Gasteiger partial charge in [0.15, 0.2) is 5.65 Å². The Labute approximate surface area is 110 Å². The zero-order valence-corrected chi connectivity index (χ0v) is 10.9. The fourth-order valence-corrected chi connectivity index (χ4v) is 2.01. The first-order valence-corrected chi connectivity index (χ1v) is 6.09. The standard InChI is InChI=1S/C12H15N7/c1-18-6-4-9(17-18)3-5-13-11-10-7-16-19(2)12(10)15-8-14-11/h4,6-8H,3,5H2,1-2H3,(H,13,14,15). The van der Waals surface area contributed by atoms with Gasteiger partial charge in [-0.15, -0.1) is 0 Å². The second kappa shape index (κ2) is 4.68. The van der Waals surface area contributed by atoms with E-state index < -0.39 is 0 Å². The Morgan fingerprint density at radius 1 is 1.26 bits per heavy atom. The van der Waals surface area contributed by atoms with Gasteiger partial charge < -0.3 is 5.32 Å². The molecule has 0 aliphatic rings. The van der Waals surface area contributed by atoms with Crippen LogP contribution in [0.4, 0.5) is 5.82 Å². The van der Waals surface area contributed by atoms with Crippen molar-refractivity contribution in [3.8, 4) is 0 Å². The lowest BCUT2D eigenvalue weighted by atomic mass is 10.3. The zero-order chi connectivity index (χ0) is 13.2. The van der Waals surface area contributed by atoms with Gasteiger partial charge in [0.1, 0.15) is 12.1 Å². The van der Waals surface area contributed by atoms with E-state index in [4.69, 9.17) is 0 Å². The van der Waals surface area contributed by atoms with Gasteiger partial charge in [0.25, 0.3) is 0 Å². The molecule has 7 nitrogen and oxygen atoms in total. The van der Waals surface area contributed by atoms with Crippen LogP contribution in [-0.4, -0.2) is 36.1 Å². The molecular weight excluding hydrogens is 242 g/mol. The monoisotopic (exact) mass is 257 g/mol. The van der Waals surface area contributed by atoms with Crippen molar-refractivity contribution in [1.82, 2.24) is 29.5 Å². The third kappa shape index (κ3) is 2.26. The van der Waals surface area contributed by atoms with E-state index >= 15 is 0 Å². The van der Waals surface area contributed by atoms with Crippen LogP contribution in [0.5, 0.6) is 0 Å². The molecule has 19 heavy (non-hydrogen) atoms. The van der Waals surface area contributed by atoms with Crippen LogP contribution >= 0.6 is 0 Å². The van der Waals surface area contributed by atoms with Gasteiger partial charge in [-0.3, -0.25) is 9.36 Å². The summed E-state index contributed by atoms with van der Waals surface area (Å²) in [6.45, 7) is 0.776. The summed E-state index contributed by atoms with van der Waals surface area (Å²) in [5.74, 6) is 0.814. The van der Waals surface area contributed by atoms with Gasteiger partial charge in [-0.25, -0.2) is 9.97 Å². The first kappa shape index (κ1) is 11.6. The Bertz CT molecular complexity index is 697. The minimum Gasteiger partial charge on any atom is -0.369 e. The number of hydrogen-bond donors (Lipinski definition) is 1. The minimum absolute atomic E-state index is 0.776. The van der Waals surface area contributed by atoms with Crippen molar-refractivity contribution < 1.29 is 0 Å². The Hall–Kier alpha value is -2.44. The van der Waals surface area contributed by atoms with Crippen LogP contribution in [0.3, 0.4) is 0 Å². The van der Waals surface area contributed by atoms with Crippen molar-refractivity contribution in [2.24, 2.45) is 14.1 Å². The molecule has 0 aliphatic carbocycles. The average Bonchev–Trinajstić information content (AvgIpc) is 2.98. The number of anilines is 1. The van der Waals surface area contributed by atoms with Crippen LogP contribution in [0.25, 0.3) is 11.0 Å². The van der Waals surface area contributed by atoms with Gasteiger partial charge in [0, 0.05) is 33.3 Å². The Balaban J connectivity index is 1.71. The van der Waals surface area contributed by atoms with Gasteiger partial charge in [-0.2, -0.15) is 10.2 Å². The number of nitrogens with zero attached hydrogens (tertiary/aromatic N) is 6. The van der Waals surface area contributed by atoms with Crippen LogP contribution in [0.1, 0.15) is 5.69 Å². The van der Waals surface area contributed by atoms with Crippen molar-refractivity contribution in [3.63, 3.8) is 0 Å². The lowest BCUT2D eigenvalue weighted by Crippen LogP contribution is -2.07. The number of aryl methyl sites for hydroxylation is 2. The number of fused-ring (bicyclic) bond motifs is 1. The van der Waals surface area contributed by atoms with E-state index in [0.717, 1.165) is 35.5 Å². The lowest BCUT2D eigenvalue weighted by Gasteiger charge is -2.04. The summed E-state index contributed by atoms with van der Waals surface area (Å²) >= 11 is 0. The molecule has 0 saturated carbocycles. The number of aromatic nitrogens is 6. The van der Waals surface area contributed by atoms with E-state index in [1.807, 2.05) is 26.4 Å². The first-order chi connectivity index (χ1) is 9.24. The van der Waals surface area contributed by atoms with Crippen LogP contribution in [0.15, 0.2) is 24.8 Å². The maximum absolute atomic E-state index is 4.34. The second-order valence-corrected chi connectivity index (χ2v) is 4.39. The molecule has 3 aromatic heterocycles. The van der Waals surface area contributed by atoms with E-state index in [2.05, 4.69) is 25.5 Å². The Morgan fingerprint density at radius 2 is 2.16 bits per heavy atom. The van der Waals surface area contributed by atoms with Crippen molar-refractivity contribution in [2.45, 2.75) is 6.42 Å². The van der Waals surface area contributed by atoms with E-state index in [1.165, 1.54) is 0 Å². The average molecular weight is 257 g/mol. The third-order valence-corrected chi connectivity index (χ3v) is 2.97. The number of hydrogen-bond acceptors (Lipinski definition) is 5. The number of nitrogens with one attached hydrogen (secondary N) is 1. The van der Waals surface area contributed by atoms with Crippen molar-refractivity contribution in [3.05, 3.63) is 30.5 Å². The van der Waals surface area contributed by atoms with Gasteiger partial charge >= 0.3 is 0 Å². The molecule has 0 fully saturated rings. The molecule has 3 heterocycles. The largest absolute Gasteiger partial charge is 0.369 e. The van der Waals surface area contributed by atoms with E-state index in [1.54, 1.807) is 21.9 Å². The fourth-order valence-electron chi connectivity index (χ4n) is 2.01. The van der Waals surface area contributed by atoms with E-state index in [-0.39, 0.29) is 0 Å². The predicted octanol–water partition coefficient (Wildman–Crippen LogP) is 0.751. The van der Waals surface area contributed by atoms with Crippen LogP contribution in [-0.2, 0) is 20.5 Å². The molecule has 7 heteroatoms. The molecular formula is C12H15N7. The summed E-state index contributed by atoms with van der Waals surface area (Å²) in [6.07, 6.45) is 6.12. The maximum Gasteiger partial charge on any atom is 0.163 e. The molecule has 0 saturated heterocycles. The molecule has 0 bridgehead atoms. The summed E-state index contributed by atoms with van der Waals surface area (Å²) in [5, 5.41) is 12.8. The van der Waals surface area contributed by atoms with Gasteiger partial charge in [-0.1, -0.05) is 0 Å². The molecule has 0 amide bonds. The second-order valence-electron chi connectivity index (χ2n) is 4.39. The van der Waals surface area contributed by atoms with Crippen molar-refractivity contribution in [1.29, 1.82) is 0 Å². The van der Waals surface area contributed by atoms with Crippen molar-refractivity contribution >= 4 is 16.9 Å². The first-order valence-electron chi connectivity index (χ1n) is 6.09. The fraction of sp³-hybridized carbons (Fsp3) is 0.333. The molecule has 1 N–H and O–H groups in total. The number of rotatable bonds is 4. The maximum atomic E-state index is 4.34. The molecule has 0 aromatic carbocycles. The molecule has 0 radical (unpaired) electrons. The lowest BCUT2D eigenvalue weighted by molar-refractivity contribution is 0.742. The minimum atomic E-state index is 0.776. The third-order valence-electron chi connectivity index (χ3n) is 2.97. The quantitative estimate of drug-likeness (QED) is 0.746. The summed E-state index contributed by atoms with van der Waals surface area (Å²) < 4.78 is 3.54. The normalized spacial score (nSPS) is 11.1. The highest BCUT2D eigenvalue weighted by molar-refractivity contribution is 5.85. The zero-order valence-electron chi connectivity index (χ0n) is 10.9. The molecule has 0 atom stereocenters. The SMILES string of the molecule is Cn1ccc(CCNc2ncnc3c2cnn3C)n1. The van der Waals surface area contributed by atoms with Crippen molar-refractivity contribution in [2.75, 3.05) is 11.9 Å². The van der Waals surface area contributed by atoms with Gasteiger partial charge in [0.05, 0.1) is 17.3 Å². The molecule has 0 aliphatic heterocycles. The Kier molecular flexibility index (Phi) is 2.86. The summed E-state index contributed by atoms with van der Waals surface area (Å²) in [6, 6.07) is 2.02. The molecule has 3 aromatic rings. The topological polar surface area (TPSA) is 73.5 Å². The molecule has 3 rings (SSSR count). The molecule has 98 valence electrons. The smallest absolute Gasteiger partial charge is 0.163 e. The van der Waals surface area contributed by atoms with Crippen LogP contribution < -0.4 is 5.32 Å². The predicted molar refractivity (Wildman–Crippen MR) is 71.7 cm³/mol. The summed E-state index contributed by atoms with van der Waals surface area (Å²) in [4.78, 5) is 8.46. The van der Waals surface area contributed by atoms with Crippen LogP contribution in [0, 0.1) is 0 Å². The summed E-state index contributed by atoms with van der Waals surface area (Å²) in [5.41, 5.74) is 1.89. The summed E-state index contributed by atoms with van der Waals surface area (Å²) in [7, 11) is 3.79. The van der Waals surface area contributed by atoms with E-state index in [0.29, 0.717) is 0 Å². The highest BCUT2D eigenvalue weighted by atomic mass is 15.3. The highest BCUT2D eigenvalue weighted by Gasteiger charge is 2.07. The highest BCUT2D eigenvalue weighted by Crippen LogP contribution is 2.17. The van der Waals surface area contributed by atoms with Gasteiger partial charge in [-0.05, 0) is 6.07 Å². The van der Waals surface area contributed by atoms with Crippen LogP contribution in [0.2, 0.25) is 0 Å². The van der Waals surface area contributed by atoms with E-state index in [9.17, 15) is 0 Å². The molecule has 0 spiro atoms. The van der Waals surface area contributed by atoms with Gasteiger partial charge in [0.2, 0.25) is 0 Å². The Morgan fingerprint density at radius 3 is 2.95 bits per heavy atom.